The Morgan fingerprint density at radius 3 is 2.42 bits per heavy atom. The van der Waals surface area contributed by atoms with E-state index in [1.807, 2.05) is 12.1 Å². The maximum absolute atomic E-state index is 12.9. The average Bonchev–Trinajstić information content (AvgIpc) is 3.14. The number of sulfonamides is 1. The summed E-state index contributed by atoms with van der Waals surface area (Å²) in [6, 6.07) is 12.6. The highest BCUT2D eigenvalue weighted by atomic mass is 79.9. The SMILES string of the molecule is COc1ccc(S(=O)(=O)N2CCC[C@@H]2C(=O)Nc2ccc(Br)cc2)cc1. The summed E-state index contributed by atoms with van der Waals surface area (Å²) in [5.41, 5.74) is 0.631. The number of nitrogens with one attached hydrogen (secondary N) is 1. The van der Waals surface area contributed by atoms with Gasteiger partial charge in [-0.2, -0.15) is 4.31 Å². The fourth-order valence-electron chi connectivity index (χ4n) is 2.93. The summed E-state index contributed by atoms with van der Waals surface area (Å²) in [5, 5.41) is 2.80. The first kappa shape index (κ1) is 18.9. The van der Waals surface area contributed by atoms with Crippen LogP contribution in [0.1, 0.15) is 12.8 Å². The van der Waals surface area contributed by atoms with Crippen molar-refractivity contribution < 1.29 is 17.9 Å². The Hall–Kier alpha value is -1.90. The molecule has 26 heavy (non-hydrogen) atoms. The molecule has 2 aromatic rings. The molecule has 0 saturated carbocycles. The predicted octanol–water partition coefficient (Wildman–Crippen LogP) is 3.25. The van der Waals surface area contributed by atoms with Crippen LogP contribution in [0.3, 0.4) is 0 Å². The van der Waals surface area contributed by atoms with Gasteiger partial charge in [-0.3, -0.25) is 4.79 Å². The molecule has 2 aromatic carbocycles. The van der Waals surface area contributed by atoms with E-state index in [9.17, 15) is 13.2 Å². The van der Waals surface area contributed by atoms with Crippen molar-refractivity contribution in [3.63, 3.8) is 0 Å². The van der Waals surface area contributed by atoms with Crippen LogP contribution in [-0.4, -0.2) is 38.3 Å². The quantitative estimate of drug-likeness (QED) is 0.776. The highest BCUT2D eigenvalue weighted by molar-refractivity contribution is 9.10. The summed E-state index contributed by atoms with van der Waals surface area (Å²) < 4.78 is 33.1. The number of methoxy groups -OCH3 is 1. The molecule has 3 rings (SSSR count). The Morgan fingerprint density at radius 1 is 1.15 bits per heavy atom. The number of carbonyl (C=O) groups excluding carboxylic acids is 1. The first-order valence-corrected chi connectivity index (χ1v) is 10.4. The van der Waals surface area contributed by atoms with Crippen LogP contribution < -0.4 is 10.1 Å². The number of carbonyl (C=O) groups is 1. The van der Waals surface area contributed by atoms with E-state index in [-0.39, 0.29) is 10.8 Å². The third-order valence-electron chi connectivity index (χ3n) is 4.28. The zero-order valence-electron chi connectivity index (χ0n) is 14.2. The van der Waals surface area contributed by atoms with Crippen molar-refractivity contribution in [1.29, 1.82) is 0 Å². The molecule has 1 atom stereocenters. The van der Waals surface area contributed by atoms with Gasteiger partial charge in [0.2, 0.25) is 15.9 Å². The lowest BCUT2D eigenvalue weighted by Gasteiger charge is -2.23. The van der Waals surface area contributed by atoms with E-state index in [1.165, 1.54) is 23.5 Å². The lowest BCUT2D eigenvalue weighted by Crippen LogP contribution is -2.43. The highest BCUT2D eigenvalue weighted by Gasteiger charge is 2.39. The fraction of sp³-hybridized carbons (Fsp3) is 0.278. The Bertz CT molecular complexity index is 882. The Labute approximate surface area is 161 Å². The molecule has 1 heterocycles. The van der Waals surface area contributed by atoms with Crippen LogP contribution in [0, 0.1) is 0 Å². The lowest BCUT2D eigenvalue weighted by molar-refractivity contribution is -0.119. The van der Waals surface area contributed by atoms with Gasteiger partial charge in [-0.25, -0.2) is 8.42 Å². The number of anilines is 1. The summed E-state index contributed by atoms with van der Waals surface area (Å²) in [4.78, 5) is 12.8. The van der Waals surface area contributed by atoms with Crippen LogP contribution in [-0.2, 0) is 14.8 Å². The molecule has 1 aliphatic heterocycles. The molecule has 0 aromatic heterocycles. The number of hydrogen-bond acceptors (Lipinski definition) is 4. The van der Waals surface area contributed by atoms with E-state index in [0.29, 0.717) is 30.8 Å². The molecule has 0 radical (unpaired) electrons. The predicted molar refractivity (Wildman–Crippen MR) is 103 cm³/mol. The van der Waals surface area contributed by atoms with E-state index in [2.05, 4.69) is 21.2 Å². The molecular formula is C18H19BrN2O4S. The molecule has 138 valence electrons. The molecule has 0 bridgehead atoms. The zero-order valence-corrected chi connectivity index (χ0v) is 16.6. The first-order chi connectivity index (χ1) is 12.4. The van der Waals surface area contributed by atoms with E-state index in [4.69, 9.17) is 4.74 Å². The van der Waals surface area contributed by atoms with Crippen LogP contribution in [0.5, 0.6) is 5.75 Å². The van der Waals surface area contributed by atoms with Gasteiger partial charge in [-0.15, -0.1) is 0 Å². The van der Waals surface area contributed by atoms with Crippen molar-refractivity contribution in [2.24, 2.45) is 0 Å². The molecule has 1 amide bonds. The molecule has 1 fully saturated rings. The van der Waals surface area contributed by atoms with Gasteiger partial charge in [-0.1, -0.05) is 15.9 Å². The third kappa shape index (κ3) is 3.92. The van der Waals surface area contributed by atoms with Crippen molar-refractivity contribution in [2.45, 2.75) is 23.8 Å². The van der Waals surface area contributed by atoms with Crippen LogP contribution >= 0.6 is 15.9 Å². The van der Waals surface area contributed by atoms with Gasteiger partial charge < -0.3 is 10.1 Å². The largest absolute Gasteiger partial charge is 0.497 e. The third-order valence-corrected chi connectivity index (χ3v) is 6.74. The van der Waals surface area contributed by atoms with E-state index in [0.717, 1.165) is 4.47 Å². The maximum Gasteiger partial charge on any atom is 0.243 e. The van der Waals surface area contributed by atoms with Crippen molar-refractivity contribution in [3.05, 3.63) is 53.0 Å². The topological polar surface area (TPSA) is 75.7 Å². The van der Waals surface area contributed by atoms with Crippen LogP contribution in [0.4, 0.5) is 5.69 Å². The number of rotatable bonds is 5. The first-order valence-electron chi connectivity index (χ1n) is 8.14. The molecule has 1 saturated heterocycles. The number of nitrogens with zero attached hydrogens (tertiary/aromatic N) is 1. The molecule has 1 N–H and O–H groups in total. The molecule has 6 nitrogen and oxygen atoms in total. The van der Waals surface area contributed by atoms with E-state index >= 15 is 0 Å². The Balaban J connectivity index is 1.79. The summed E-state index contributed by atoms with van der Waals surface area (Å²) in [5.74, 6) is 0.261. The number of ether oxygens (including phenoxy) is 1. The maximum atomic E-state index is 12.9. The van der Waals surface area contributed by atoms with Gasteiger partial charge in [0.15, 0.2) is 0 Å². The lowest BCUT2D eigenvalue weighted by atomic mass is 10.2. The van der Waals surface area contributed by atoms with Gasteiger partial charge in [0, 0.05) is 16.7 Å². The number of hydrogen-bond donors (Lipinski definition) is 1. The van der Waals surface area contributed by atoms with Crippen LogP contribution in [0.15, 0.2) is 57.9 Å². The fourth-order valence-corrected chi connectivity index (χ4v) is 4.85. The molecule has 1 aliphatic rings. The van der Waals surface area contributed by atoms with Crippen molar-refractivity contribution in [3.8, 4) is 5.75 Å². The van der Waals surface area contributed by atoms with Gasteiger partial charge in [-0.05, 0) is 61.4 Å². The second-order valence-corrected chi connectivity index (χ2v) is 8.75. The smallest absolute Gasteiger partial charge is 0.243 e. The second kappa shape index (κ2) is 7.77. The van der Waals surface area contributed by atoms with Gasteiger partial charge in [0.25, 0.3) is 0 Å². The van der Waals surface area contributed by atoms with Gasteiger partial charge in [0.05, 0.1) is 12.0 Å². The van der Waals surface area contributed by atoms with Gasteiger partial charge >= 0.3 is 0 Å². The van der Waals surface area contributed by atoms with Crippen LogP contribution in [0.2, 0.25) is 0 Å². The Kier molecular flexibility index (Phi) is 5.64. The van der Waals surface area contributed by atoms with E-state index < -0.39 is 16.1 Å². The minimum Gasteiger partial charge on any atom is -0.497 e. The summed E-state index contributed by atoms with van der Waals surface area (Å²) in [6.07, 6.45) is 1.14. The number of amides is 1. The normalized spacial score (nSPS) is 17.8. The minimum atomic E-state index is -3.75. The highest BCUT2D eigenvalue weighted by Crippen LogP contribution is 2.28. The standard InChI is InChI=1S/C18H19BrN2O4S/c1-25-15-8-10-16(11-9-15)26(23,24)21-12-2-3-17(21)18(22)20-14-6-4-13(19)5-7-14/h4-11,17H,2-3,12H2,1H3,(H,20,22)/t17-/m1/s1. The monoisotopic (exact) mass is 438 g/mol. The van der Waals surface area contributed by atoms with Crippen molar-refractivity contribution >= 4 is 37.5 Å². The molecule has 0 unspecified atom stereocenters. The number of benzene rings is 2. The Morgan fingerprint density at radius 2 is 1.81 bits per heavy atom. The molecule has 0 aliphatic carbocycles. The van der Waals surface area contributed by atoms with E-state index in [1.54, 1.807) is 24.3 Å². The molecular weight excluding hydrogens is 420 g/mol. The number of halogens is 1. The van der Waals surface area contributed by atoms with Crippen molar-refractivity contribution in [1.82, 2.24) is 4.31 Å². The van der Waals surface area contributed by atoms with Crippen molar-refractivity contribution in [2.75, 3.05) is 19.0 Å². The molecule has 0 spiro atoms. The minimum absolute atomic E-state index is 0.154. The second-order valence-electron chi connectivity index (χ2n) is 5.95. The van der Waals surface area contributed by atoms with Gasteiger partial charge in [0.1, 0.15) is 11.8 Å². The zero-order chi connectivity index (χ0) is 18.7. The average molecular weight is 439 g/mol. The summed E-state index contributed by atoms with van der Waals surface area (Å²) in [7, 11) is -2.23. The van der Waals surface area contributed by atoms with Crippen LogP contribution in [0.25, 0.3) is 0 Å². The molecule has 8 heteroatoms. The summed E-state index contributed by atoms with van der Waals surface area (Å²) >= 11 is 3.34. The summed E-state index contributed by atoms with van der Waals surface area (Å²) in [6.45, 7) is 0.326.